The van der Waals surface area contributed by atoms with Gasteiger partial charge in [0.1, 0.15) is 0 Å². The molecule has 1 unspecified atom stereocenters. The zero-order chi connectivity index (χ0) is 14.5. The van der Waals surface area contributed by atoms with Gasteiger partial charge in [0, 0.05) is 17.7 Å². The predicted molar refractivity (Wildman–Crippen MR) is 77.4 cm³/mol. The fourth-order valence-electron chi connectivity index (χ4n) is 2.30. The van der Waals surface area contributed by atoms with Crippen LogP contribution in [-0.4, -0.2) is 23.0 Å². The van der Waals surface area contributed by atoms with Crippen LogP contribution in [0.25, 0.3) is 6.08 Å². The molecule has 1 amide bonds. The second-order valence-corrected chi connectivity index (χ2v) is 5.25. The molecule has 0 heterocycles. The highest BCUT2D eigenvalue weighted by molar-refractivity contribution is 5.95. The van der Waals surface area contributed by atoms with Crippen molar-refractivity contribution in [3.63, 3.8) is 0 Å². The quantitative estimate of drug-likeness (QED) is 0.811. The highest BCUT2D eigenvalue weighted by atomic mass is 16.4. The molecular formula is C16H19NO3. The van der Waals surface area contributed by atoms with Crippen molar-refractivity contribution in [2.75, 3.05) is 0 Å². The number of rotatable bonds is 5. The van der Waals surface area contributed by atoms with E-state index < -0.39 is 5.97 Å². The number of nitrogens with one attached hydrogen (secondary N) is 1. The van der Waals surface area contributed by atoms with E-state index in [1.54, 1.807) is 24.3 Å². The molecule has 0 aliphatic heterocycles. The number of benzene rings is 1. The molecule has 1 atom stereocenters. The highest BCUT2D eigenvalue weighted by Gasteiger charge is 2.25. The van der Waals surface area contributed by atoms with Crippen LogP contribution in [0, 0.1) is 5.92 Å². The Balaban J connectivity index is 2.02. The maximum absolute atomic E-state index is 12.1. The molecule has 4 heteroatoms. The largest absolute Gasteiger partial charge is 0.478 e. The Hall–Kier alpha value is -2.10. The maximum atomic E-state index is 12.1. The average Bonchev–Trinajstić information content (AvgIpc) is 2.34. The smallest absolute Gasteiger partial charge is 0.328 e. The standard InChI is InChI=1S/C16H19NO3/c1-11(13-5-3-6-13)17-16(20)14-7-2-4-12(10-14)8-9-15(18)19/h2,4,7-11,13H,3,5-6H2,1H3,(H,17,20)(H,18,19)/b9-8+. The highest BCUT2D eigenvalue weighted by Crippen LogP contribution is 2.29. The lowest BCUT2D eigenvalue weighted by Crippen LogP contribution is -2.40. The zero-order valence-corrected chi connectivity index (χ0v) is 11.5. The van der Waals surface area contributed by atoms with Crippen molar-refractivity contribution in [1.29, 1.82) is 0 Å². The molecule has 0 radical (unpaired) electrons. The molecule has 1 aliphatic carbocycles. The molecule has 0 aromatic heterocycles. The van der Waals surface area contributed by atoms with Crippen LogP contribution in [0.1, 0.15) is 42.1 Å². The Bertz CT molecular complexity index is 532. The van der Waals surface area contributed by atoms with Crippen molar-refractivity contribution in [2.24, 2.45) is 5.92 Å². The summed E-state index contributed by atoms with van der Waals surface area (Å²) in [7, 11) is 0. The van der Waals surface area contributed by atoms with Gasteiger partial charge in [0.2, 0.25) is 0 Å². The molecule has 2 rings (SSSR count). The first-order valence-electron chi connectivity index (χ1n) is 6.88. The summed E-state index contributed by atoms with van der Waals surface area (Å²) >= 11 is 0. The summed E-state index contributed by atoms with van der Waals surface area (Å²) in [5.74, 6) is -0.512. The predicted octanol–water partition coefficient (Wildman–Crippen LogP) is 2.70. The Morgan fingerprint density at radius 1 is 1.40 bits per heavy atom. The van der Waals surface area contributed by atoms with Gasteiger partial charge in [0.15, 0.2) is 0 Å². The third-order valence-electron chi connectivity index (χ3n) is 3.78. The lowest BCUT2D eigenvalue weighted by atomic mass is 9.80. The molecule has 20 heavy (non-hydrogen) atoms. The normalized spacial score (nSPS) is 16.6. The number of hydrogen-bond donors (Lipinski definition) is 2. The second kappa shape index (κ2) is 6.37. The zero-order valence-electron chi connectivity index (χ0n) is 11.5. The molecule has 2 N–H and O–H groups in total. The summed E-state index contributed by atoms with van der Waals surface area (Å²) in [4.78, 5) is 22.6. The van der Waals surface area contributed by atoms with Crippen molar-refractivity contribution in [2.45, 2.75) is 32.2 Å². The van der Waals surface area contributed by atoms with Gasteiger partial charge in [-0.2, -0.15) is 0 Å². The van der Waals surface area contributed by atoms with Gasteiger partial charge in [-0.25, -0.2) is 4.79 Å². The van der Waals surface area contributed by atoms with E-state index in [4.69, 9.17) is 5.11 Å². The Morgan fingerprint density at radius 3 is 2.75 bits per heavy atom. The Kier molecular flexibility index (Phi) is 4.56. The second-order valence-electron chi connectivity index (χ2n) is 5.25. The van der Waals surface area contributed by atoms with Crippen LogP contribution in [0.15, 0.2) is 30.3 Å². The fraction of sp³-hybridized carbons (Fsp3) is 0.375. The summed E-state index contributed by atoms with van der Waals surface area (Å²) < 4.78 is 0. The molecule has 4 nitrogen and oxygen atoms in total. The number of carboxylic acid groups (broad SMARTS) is 1. The third-order valence-corrected chi connectivity index (χ3v) is 3.78. The molecule has 106 valence electrons. The molecule has 1 fully saturated rings. The summed E-state index contributed by atoms with van der Waals surface area (Å²) in [6.45, 7) is 2.04. The number of carbonyl (C=O) groups excluding carboxylic acids is 1. The molecule has 1 aromatic rings. The van der Waals surface area contributed by atoms with Crippen LogP contribution in [0.3, 0.4) is 0 Å². The lowest BCUT2D eigenvalue weighted by molar-refractivity contribution is -0.131. The molecule has 1 aliphatic rings. The summed E-state index contributed by atoms with van der Waals surface area (Å²) in [5, 5.41) is 11.6. The van der Waals surface area contributed by atoms with Crippen LogP contribution in [-0.2, 0) is 4.79 Å². The molecule has 0 saturated heterocycles. The van der Waals surface area contributed by atoms with Crippen LogP contribution in [0.2, 0.25) is 0 Å². The van der Waals surface area contributed by atoms with E-state index in [2.05, 4.69) is 5.32 Å². The van der Waals surface area contributed by atoms with Crippen molar-refractivity contribution in [3.8, 4) is 0 Å². The number of carboxylic acids is 1. The van der Waals surface area contributed by atoms with E-state index in [0.29, 0.717) is 17.0 Å². The van der Waals surface area contributed by atoms with Gasteiger partial charge in [-0.15, -0.1) is 0 Å². The van der Waals surface area contributed by atoms with E-state index >= 15 is 0 Å². The molecule has 0 bridgehead atoms. The summed E-state index contributed by atoms with van der Waals surface area (Å²) in [6, 6.07) is 7.15. The van der Waals surface area contributed by atoms with E-state index in [-0.39, 0.29) is 11.9 Å². The SMILES string of the molecule is CC(NC(=O)c1cccc(/C=C/C(=O)O)c1)C1CCC1. The summed E-state index contributed by atoms with van der Waals surface area (Å²) in [6.07, 6.45) is 6.16. The number of amides is 1. The fourth-order valence-corrected chi connectivity index (χ4v) is 2.30. The van der Waals surface area contributed by atoms with E-state index in [9.17, 15) is 9.59 Å². The Morgan fingerprint density at radius 2 is 2.15 bits per heavy atom. The first-order valence-corrected chi connectivity index (χ1v) is 6.88. The van der Waals surface area contributed by atoms with E-state index in [1.807, 2.05) is 6.92 Å². The van der Waals surface area contributed by atoms with Crippen LogP contribution >= 0.6 is 0 Å². The minimum Gasteiger partial charge on any atom is -0.478 e. The first-order chi connectivity index (χ1) is 9.56. The van der Waals surface area contributed by atoms with Gasteiger partial charge in [-0.05, 0) is 49.5 Å². The van der Waals surface area contributed by atoms with Crippen molar-refractivity contribution >= 4 is 18.0 Å². The summed E-state index contributed by atoms with van der Waals surface area (Å²) in [5.41, 5.74) is 1.26. The molecule has 0 spiro atoms. The molecule has 1 saturated carbocycles. The van der Waals surface area contributed by atoms with E-state index in [0.717, 1.165) is 6.08 Å². The third kappa shape index (κ3) is 3.70. The van der Waals surface area contributed by atoms with E-state index in [1.165, 1.54) is 25.3 Å². The minimum absolute atomic E-state index is 0.102. The minimum atomic E-state index is -1.00. The number of carbonyl (C=O) groups is 2. The van der Waals surface area contributed by atoms with Gasteiger partial charge >= 0.3 is 5.97 Å². The molecular weight excluding hydrogens is 254 g/mol. The van der Waals surface area contributed by atoms with Gasteiger partial charge in [0.25, 0.3) is 5.91 Å². The van der Waals surface area contributed by atoms with Gasteiger partial charge in [-0.1, -0.05) is 18.6 Å². The van der Waals surface area contributed by atoms with Crippen molar-refractivity contribution in [3.05, 3.63) is 41.5 Å². The van der Waals surface area contributed by atoms with Crippen LogP contribution < -0.4 is 5.32 Å². The van der Waals surface area contributed by atoms with Crippen molar-refractivity contribution < 1.29 is 14.7 Å². The van der Waals surface area contributed by atoms with Gasteiger partial charge in [0.05, 0.1) is 0 Å². The maximum Gasteiger partial charge on any atom is 0.328 e. The van der Waals surface area contributed by atoms with Gasteiger partial charge < -0.3 is 10.4 Å². The topological polar surface area (TPSA) is 66.4 Å². The lowest BCUT2D eigenvalue weighted by Gasteiger charge is -2.31. The van der Waals surface area contributed by atoms with Crippen molar-refractivity contribution in [1.82, 2.24) is 5.32 Å². The molecule has 1 aromatic carbocycles. The average molecular weight is 273 g/mol. The Labute approximate surface area is 118 Å². The first kappa shape index (κ1) is 14.3. The van der Waals surface area contributed by atoms with Gasteiger partial charge in [-0.3, -0.25) is 4.79 Å². The number of aliphatic carboxylic acids is 1. The van der Waals surface area contributed by atoms with Crippen LogP contribution in [0.5, 0.6) is 0 Å². The monoisotopic (exact) mass is 273 g/mol. The van der Waals surface area contributed by atoms with Crippen LogP contribution in [0.4, 0.5) is 0 Å². The number of hydrogen-bond acceptors (Lipinski definition) is 2.